The van der Waals surface area contributed by atoms with Crippen LogP contribution in [0.25, 0.3) is 0 Å². The van der Waals surface area contributed by atoms with Crippen molar-refractivity contribution < 1.29 is 14.3 Å². The molecule has 0 N–H and O–H groups in total. The summed E-state index contributed by atoms with van der Waals surface area (Å²) >= 11 is 0. The molecule has 0 bridgehead atoms. The Morgan fingerprint density at radius 2 is 2.11 bits per heavy atom. The van der Waals surface area contributed by atoms with Crippen LogP contribution in [0.1, 0.15) is 22.8 Å². The standard InChI is InChI=1S/C15H15NO3/c1-11(17)13-6-7-16-15(9-13)19-14-5-3-4-12(8-14)10-18-2/h3-9H,10H2,1-2H3. The third-order valence-corrected chi connectivity index (χ3v) is 2.57. The molecular weight excluding hydrogens is 242 g/mol. The van der Waals surface area contributed by atoms with Crippen molar-refractivity contribution in [1.82, 2.24) is 4.98 Å². The van der Waals surface area contributed by atoms with Crippen molar-refractivity contribution in [3.05, 3.63) is 53.7 Å². The lowest BCUT2D eigenvalue weighted by Gasteiger charge is -2.07. The van der Waals surface area contributed by atoms with Crippen LogP contribution in [0.5, 0.6) is 11.6 Å². The fourth-order valence-electron chi connectivity index (χ4n) is 1.67. The first kappa shape index (κ1) is 13.2. The maximum atomic E-state index is 11.3. The normalized spacial score (nSPS) is 10.2. The number of ketones is 1. The van der Waals surface area contributed by atoms with E-state index < -0.39 is 0 Å². The average Bonchev–Trinajstić information content (AvgIpc) is 2.40. The largest absolute Gasteiger partial charge is 0.439 e. The second-order valence-corrected chi connectivity index (χ2v) is 4.12. The van der Waals surface area contributed by atoms with Gasteiger partial charge in [-0.05, 0) is 30.7 Å². The minimum absolute atomic E-state index is 0.0135. The van der Waals surface area contributed by atoms with Gasteiger partial charge in [0.25, 0.3) is 0 Å². The monoisotopic (exact) mass is 257 g/mol. The van der Waals surface area contributed by atoms with Gasteiger partial charge in [0.05, 0.1) is 6.61 Å². The Labute approximate surface area is 112 Å². The topological polar surface area (TPSA) is 48.4 Å². The van der Waals surface area contributed by atoms with Gasteiger partial charge in [0, 0.05) is 24.9 Å². The number of hydrogen-bond acceptors (Lipinski definition) is 4. The van der Waals surface area contributed by atoms with E-state index in [2.05, 4.69) is 4.98 Å². The van der Waals surface area contributed by atoms with E-state index in [0.29, 0.717) is 23.8 Å². The van der Waals surface area contributed by atoms with Crippen LogP contribution in [-0.4, -0.2) is 17.9 Å². The van der Waals surface area contributed by atoms with Gasteiger partial charge >= 0.3 is 0 Å². The summed E-state index contributed by atoms with van der Waals surface area (Å²) in [4.78, 5) is 15.4. The third-order valence-electron chi connectivity index (χ3n) is 2.57. The van der Waals surface area contributed by atoms with Gasteiger partial charge in [-0.25, -0.2) is 4.98 Å². The molecule has 19 heavy (non-hydrogen) atoms. The Hall–Kier alpha value is -2.20. The summed E-state index contributed by atoms with van der Waals surface area (Å²) in [5.74, 6) is 1.06. The van der Waals surface area contributed by atoms with Crippen molar-refractivity contribution in [2.45, 2.75) is 13.5 Å². The molecule has 0 unspecified atom stereocenters. The van der Waals surface area contributed by atoms with Crippen LogP contribution in [0.3, 0.4) is 0 Å². The first-order chi connectivity index (χ1) is 9.19. The maximum Gasteiger partial charge on any atom is 0.219 e. The van der Waals surface area contributed by atoms with Gasteiger partial charge in [0.2, 0.25) is 5.88 Å². The number of methoxy groups -OCH3 is 1. The van der Waals surface area contributed by atoms with E-state index in [0.717, 1.165) is 5.56 Å². The molecule has 0 amide bonds. The predicted octanol–water partition coefficient (Wildman–Crippen LogP) is 3.22. The maximum absolute atomic E-state index is 11.3. The Morgan fingerprint density at radius 3 is 2.84 bits per heavy atom. The van der Waals surface area contributed by atoms with Crippen molar-refractivity contribution in [2.75, 3.05) is 7.11 Å². The van der Waals surface area contributed by atoms with Gasteiger partial charge in [0.1, 0.15) is 5.75 Å². The number of aromatic nitrogens is 1. The molecule has 1 aromatic heterocycles. The van der Waals surface area contributed by atoms with Gasteiger partial charge in [-0.2, -0.15) is 0 Å². The van der Waals surface area contributed by atoms with Crippen LogP contribution >= 0.6 is 0 Å². The number of hydrogen-bond donors (Lipinski definition) is 0. The molecule has 2 rings (SSSR count). The lowest BCUT2D eigenvalue weighted by atomic mass is 10.2. The van der Waals surface area contributed by atoms with Gasteiger partial charge in [-0.3, -0.25) is 4.79 Å². The number of rotatable bonds is 5. The molecular formula is C15H15NO3. The van der Waals surface area contributed by atoms with Crippen LogP contribution in [0.4, 0.5) is 0 Å². The smallest absolute Gasteiger partial charge is 0.219 e. The highest BCUT2D eigenvalue weighted by atomic mass is 16.5. The Morgan fingerprint density at radius 1 is 1.26 bits per heavy atom. The molecule has 0 aliphatic carbocycles. The zero-order chi connectivity index (χ0) is 13.7. The SMILES string of the molecule is COCc1cccc(Oc2cc(C(C)=O)ccn2)c1. The average molecular weight is 257 g/mol. The summed E-state index contributed by atoms with van der Waals surface area (Å²) in [6.45, 7) is 2.04. The Bertz CT molecular complexity index is 581. The van der Waals surface area contributed by atoms with E-state index in [9.17, 15) is 4.79 Å². The molecule has 0 fully saturated rings. The molecule has 4 nitrogen and oxygen atoms in total. The van der Waals surface area contributed by atoms with Crippen LogP contribution < -0.4 is 4.74 Å². The minimum Gasteiger partial charge on any atom is -0.439 e. The molecule has 0 spiro atoms. The zero-order valence-corrected chi connectivity index (χ0v) is 10.9. The Balaban J connectivity index is 2.18. The highest BCUT2D eigenvalue weighted by Gasteiger charge is 2.04. The lowest BCUT2D eigenvalue weighted by Crippen LogP contribution is -1.95. The molecule has 4 heteroatoms. The first-order valence-corrected chi connectivity index (χ1v) is 5.92. The van der Waals surface area contributed by atoms with Gasteiger partial charge in [0.15, 0.2) is 5.78 Å². The minimum atomic E-state index is -0.0135. The molecule has 0 aliphatic heterocycles. The van der Waals surface area contributed by atoms with E-state index in [1.807, 2.05) is 24.3 Å². The van der Waals surface area contributed by atoms with Crippen molar-refractivity contribution in [1.29, 1.82) is 0 Å². The predicted molar refractivity (Wildman–Crippen MR) is 71.5 cm³/mol. The second-order valence-electron chi connectivity index (χ2n) is 4.12. The lowest BCUT2D eigenvalue weighted by molar-refractivity contribution is 0.101. The summed E-state index contributed by atoms with van der Waals surface area (Å²) in [6, 6.07) is 10.9. The molecule has 0 aliphatic rings. The molecule has 0 saturated heterocycles. The van der Waals surface area contributed by atoms with E-state index in [-0.39, 0.29) is 5.78 Å². The van der Waals surface area contributed by atoms with Crippen molar-refractivity contribution in [3.8, 4) is 11.6 Å². The summed E-state index contributed by atoms with van der Waals surface area (Å²) in [7, 11) is 1.64. The van der Waals surface area contributed by atoms with Crippen molar-refractivity contribution >= 4 is 5.78 Å². The van der Waals surface area contributed by atoms with Gasteiger partial charge in [-0.1, -0.05) is 12.1 Å². The van der Waals surface area contributed by atoms with Crippen molar-refractivity contribution in [3.63, 3.8) is 0 Å². The molecule has 1 aromatic carbocycles. The van der Waals surface area contributed by atoms with E-state index >= 15 is 0 Å². The van der Waals surface area contributed by atoms with Crippen LogP contribution in [-0.2, 0) is 11.3 Å². The molecule has 0 saturated carbocycles. The number of carbonyl (C=O) groups excluding carboxylic acids is 1. The highest BCUT2D eigenvalue weighted by molar-refractivity contribution is 5.94. The third kappa shape index (κ3) is 3.63. The molecule has 1 heterocycles. The number of nitrogens with zero attached hydrogens (tertiary/aromatic N) is 1. The fourth-order valence-corrected chi connectivity index (χ4v) is 1.67. The van der Waals surface area contributed by atoms with Crippen molar-refractivity contribution in [2.24, 2.45) is 0 Å². The second kappa shape index (κ2) is 6.11. The number of Topliss-reactive ketones (excluding diaryl/α,β-unsaturated/α-hetero) is 1. The first-order valence-electron chi connectivity index (χ1n) is 5.92. The summed E-state index contributed by atoms with van der Waals surface area (Å²) in [5.41, 5.74) is 1.60. The number of ether oxygens (including phenoxy) is 2. The van der Waals surface area contributed by atoms with E-state index in [1.54, 1.807) is 25.4 Å². The quantitative estimate of drug-likeness (QED) is 0.772. The van der Waals surface area contributed by atoms with Crippen LogP contribution in [0.2, 0.25) is 0 Å². The van der Waals surface area contributed by atoms with E-state index in [4.69, 9.17) is 9.47 Å². The fraction of sp³-hybridized carbons (Fsp3) is 0.200. The summed E-state index contributed by atoms with van der Waals surface area (Å²) in [5, 5.41) is 0. The van der Waals surface area contributed by atoms with Crippen LogP contribution in [0, 0.1) is 0 Å². The summed E-state index contributed by atoms with van der Waals surface area (Å²) in [6.07, 6.45) is 1.56. The molecule has 0 radical (unpaired) electrons. The van der Waals surface area contributed by atoms with Crippen LogP contribution in [0.15, 0.2) is 42.6 Å². The van der Waals surface area contributed by atoms with Gasteiger partial charge in [-0.15, -0.1) is 0 Å². The zero-order valence-electron chi connectivity index (χ0n) is 10.9. The number of carbonyl (C=O) groups is 1. The molecule has 2 aromatic rings. The molecule has 98 valence electrons. The highest BCUT2D eigenvalue weighted by Crippen LogP contribution is 2.21. The van der Waals surface area contributed by atoms with E-state index in [1.165, 1.54) is 6.92 Å². The molecule has 0 atom stereocenters. The summed E-state index contributed by atoms with van der Waals surface area (Å²) < 4.78 is 10.7. The Kier molecular flexibility index (Phi) is 4.26. The van der Waals surface area contributed by atoms with Gasteiger partial charge < -0.3 is 9.47 Å². The number of pyridine rings is 1. The number of benzene rings is 1.